The van der Waals surface area contributed by atoms with E-state index in [1.165, 1.54) is 6.07 Å². The fourth-order valence-corrected chi connectivity index (χ4v) is 2.29. The number of rotatable bonds is 4. The second-order valence-electron chi connectivity index (χ2n) is 5.14. The van der Waals surface area contributed by atoms with Crippen molar-refractivity contribution in [1.82, 2.24) is 15.0 Å². The highest BCUT2D eigenvalue weighted by Gasteiger charge is 2.11. The van der Waals surface area contributed by atoms with Crippen LogP contribution in [0.2, 0.25) is 0 Å². The van der Waals surface area contributed by atoms with Gasteiger partial charge in [-0.2, -0.15) is 0 Å². The number of non-ortho nitro benzene ring substituents is 1. The van der Waals surface area contributed by atoms with Gasteiger partial charge in [-0.3, -0.25) is 15.1 Å². The van der Waals surface area contributed by atoms with E-state index in [2.05, 4.69) is 15.0 Å². The predicted molar refractivity (Wildman–Crippen MR) is 85.9 cm³/mol. The minimum absolute atomic E-state index is 0.0778. The van der Waals surface area contributed by atoms with E-state index in [1.807, 2.05) is 25.1 Å². The molecular weight excluding hydrogens is 292 g/mol. The number of nitrogens with zero attached hydrogens (tertiary/aromatic N) is 4. The molecule has 0 spiro atoms. The van der Waals surface area contributed by atoms with Crippen molar-refractivity contribution < 1.29 is 4.92 Å². The van der Waals surface area contributed by atoms with Gasteiger partial charge in [-0.1, -0.05) is 6.07 Å². The van der Waals surface area contributed by atoms with Crippen LogP contribution in [0.1, 0.15) is 17.0 Å². The summed E-state index contributed by atoms with van der Waals surface area (Å²) < 4.78 is 0. The molecule has 0 bridgehead atoms. The number of hydrogen-bond acceptors (Lipinski definition) is 5. The topological polar surface area (TPSA) is 81.8 Å². The molecule has 23 heavy (non-hydrogen) atoms. The van der Waals surface area contributed by atoms with E-state index < -0.39 is 4.92 Å². The van der Waals surface area contributed by atoms with Crippen LogP contribution in [0.5, 0.6) is 0 Å². The van der Waals surface area contributed by atoms with Crippen LogP contribution in [0.3, 0.4) is 0 Å². The molecule has 0 N–H and O–H groups in total. The maximum absolute atomic E-state index is 10.9. The summed E-state index contributed by atoms with van der Waals surface area (Å²) in [5.74, 6) is 0.620. The van der Waals surface area contributed by atoms with Gasteiger partial charge in [0.1, 0.15) is 5.82 Å². The number of nitro groups is 1. The summed E-state index contributed by atoms with van der Waals surface area (Å²) in [6.45, 7) is 1.92. The van der Waals surface area contributed by atoms with E-state index in [1.54, 1.807) is 30.7 Å². The molecule has 0 unspecified atom stereocenters. The lowest BCUT2D eigenvalue weighted by Crippen LogP contribution is -2.00. The zero-order valence-corrected chi connectivity index (χ0v) is 12.5. The monoisotopic (exact) mass is 306 g/mol. The van der Waals surface area contributed by atoms with Crippen molar-refractivity contribution in [3.8, 4) is 11.3 Å². The number of benzene rings is 1. The minimum atomic E-state index is -0.393. The first-order chi connectivity index (χ1) is 11.1. The smallest absolute Gasteiger partial charge is 0.264 e. The van der Waals surface area contributed by atoms with Crippen LogP contribution in [-0.2, 0) is 6.42 Å². The van der Waals surface area contributed by atoms with Gasteiger partial charge >= 0.3 is 0 Å². The summed E-state index contributed by atoms with van der Waals surface area (Å²) in [6, 6.07) is 10.4. The predicted octanol–water partition coefficient (Wildman–Crippen LogP) is 3.35. The molecule has 0 aliphatic heterocycles. The molecule has 6 nitrogen and oxygen atoms in total. The third-order valence-electron chi connectivity index (χ3n) is 3.55. The number of hydrogen-bond donors (Lipinski definition) is 0. The Kier molecular flexibility index (Phi) is 4.05. The lowest BCUT2D eigenvalue weighted by molar-refractivity contribution is -0.384. The molecule has 0 saturated heterocycles. The molecule has 0 saturated carbocycles. The van der Waals surface area contributed by atoms with Gasteiger partial charge in [0.15, 0.2) is 0 Å². The van der Waals surface area contributed by atoms with E-state index in [4.69, 9.17) is 0 Å². The van der Waals surface area contributed by atoms with E-state index in [9.17, 15) is 10.1 Å². The molecule has 0 fully saturated rings. The summed E-state index contributed by atoms with van der Waals surface area (Å²) in [6.07, 6.45) is 5.59. The molecule has 1 aromatic carbocycles. The Labute approximate surface area is 133 Å². The fraction of sp³-hybridized carbons (Fsp3) is 0.118. The van der Waals surface area contributed by atoms with Crippen LogP contribution >= 0.6 is 0 Å². The van der Waals surface area contributed by atoms with E-state index in [0.717, 1.165) is 22.4 Å². The summed E-state index contributed by atoms with van der Waals surface area (Å²) in [7, 11) is 0. The number of aryl methyl sites for hydroxylation is 1. The number of aromatic nitrogens is 3. The Balaban J connectivity index is 1.92. The fourth-order valence-electron chi connectivity index (χ4n) is 2.29. The Hall–Kier alpha value is -3.15. The molecule has 0 aliphatic rings. The molecule has 114 valence electrons. The molecule has 0 radical (unpaired) electrons. The standard InChI is InChI=1S/C17H14N4O2/c1-12-4-5-15(21(22)23)9-14(12)10-17-19-8-6-16(20-17)13-3-2-7-18-11-13/h2-9,11H,10H2,1H3. The Morgan fingerprint density at radius 3 is 2.78 bits per heavy atom. The summed E-state index contributed by atoms with van der Waals surface area (Å²) >= 11 is 0. The molecule has 3 aromatic rings. The van der Waals surface area contributed by atoms with Crippen LogP contribution in [0.15, 0.2) is 55.0 Å². The van der Waals surface area contributed by atoms with Gasteiger partial charge in [0.25, 0.3) is 5.69 Å². The minimum Gasteiger partial charge on any atom is -0.264 e. The molecule has 2 heterocycles. The third kappa shape index (κ3) is 3.37. The Morgan fingerprint density at radius 2 is 2.04 bits per heavy atom. The molecule has 6 heteroatoms. The van der Waals surface area contributed by atoms with Gasteiger partial charge in [-0.05, 0) is 36.2 Å². The zero-order chi connectivity index (χ0) is 16.2. The average molecular weight is 306 g/mol. The summed E-state index contributed by atoms with van der Waals surface area (Å²) in [4.78, 5) is 23.4. The second kappa shape index (κ2) is 6.31. The van der Waals surface area contributed by atoms with Crippen molar-refractivity contribution in [1.29, 1.82) is 0 Å². The van der Waals surface area contributed by atoms with Gasteiger partial charge in [0.2, 0.25) is 0 Å². The van der Waals surface area contributed by atoms with Crippen LogP contribution in [0, 0.1) is 17.0 Å². The Morgan fingerprint density at radius 1 is 1.17 bits per heavy atom. The largest absolute Gasteiger partial charge is 0.269 e. The Bertz CT molecular complexity index is 850. The molecule has 2 aromatic heterocycles. The average Bonchev–Trinajstić information content (AvgIpc) is 2.58. The molecular formula is C17H14N4O2. The van der Waals surface area contributed by atoms with Crippen molar-refractivity contribution in [2.75, 3.05) is 0 Å². The number of pyridine rings is 1. The first kappa shape index (κ1) is 14.8. The zero-order valence-electron chi connectivity index (χ0n) is 12.5. The summed E-state index contributed by atoms with van der Waals surface area (Å²) in [5.41, 5.74) is 3.60. The van der Waals surface area contributed by atoms with Gasteiger partial charge in [-0.25, -0.2) is 9.97 Å². The first-order valence-corrected chi connectivity index (χ1v) is 7.10. The normalized spacial score (nSPS) is 10.5. The van der Waals surface area contributed by atoms with Crippen LogP contribution in [0.25, 0.3) is 11.3 Å². The van der Waals surface area contributed by atoms with Crippen LogP contribution in [-0.4, -0.2) is 19.9 Å². The van der Waals surface area contributed by atoms with Crippen molar-refractivity contribution in [2.45, 2.75) is 13.3 Å². The molecule has 0 atom stereocenters. The molecule has 3 rings (SSSR count). The maximum atomic E-state index is 10.9. The van der Waals surface area contributed by atoms with Gasteiger partial charge < -0.3 is 0 Å². The van der Waals surface area contributed by atoms with Gasteiger partial charge in [0.05, 0.1) is 10.6 Å². The molecule has 0 amide bonds. The lowest BCUT2D eigenvalue weighted by Gasteiger charge is -2.06. The third-order valence-corrected chi connectivity index (χ3v) is 3.55. The second-order valence-corrected chi connectivity index (χ2v) is 5.14. The van der Waals surface area contributed by atoms with E-state index in [0.29, 0.717) is 12.2 Å². The van der Waals surface area contributed by atoms with E-state index >= 15 is 0 Å². The van der Waals surface area contributed by atoms with Crippen LogP contribution < -0.4 is 0 Å². The lowest BCUT2D eigenvalue weighted by atomic mass is 10.0. The van der Waals surface area contributed by atoms with E-state index in [-0.39, 0.29) is 5.69 Å². The van der Waals surface area contributed by atoms with Crippen LogP contribution in [0.4, 0.5) is 5.69 Å². The first-order valence-electron chi connectivity index (χ1n) is 7.10. The van der Waals surface area contributed by atoms with Crippen molar-refractivity contribution >= 4 is 5.69 Å². The summed E-state index contributed by atoms with van der Waals surface area (Å²) in [5, 5.41) is 10.9. The quantitative estimate of drug-likeness (QED) is 0.545. The number of nitro benzene ring substituents is 1. The molecule has 0 aliphatic carbocycles. The highest BCUT2D eigenvalue weighted by Crippen LogP contribution is 2.20. The highest BCUT2D eigenvalue weighted by atomic mass is 16.6. The van der Waals surface area contributed by atoms with Crippen molar-refractivity contribution in [3.63, 3.8) is 0 Å². The van der Waals surface area contributed by atoms with Gasteiger partial charge in [-0.15, -0.1) is 0 Å². The van der Waals surface area contributed by atoms with Gasteiger partial charge in [0, 0.05) is 42.7 Å². The highest BCUT2D eigenvalue weighted by molar-refractivity contribution is 5.57. The van der Waals surface area contributed by atoms with Crippen molar-refractivity contribution in [3.05, 3.63) is 82.1 Å². The van der Waals surface area contributed by atoms with Crippen molar-refractivity contribution in [2.24, 2.45) is 0 Å². The maximum Gasteiger partial charge on any atom is 0.269 e. The SMILES string of the molecule is Cc1ccc([N+](=O)[O-])cc1Cc1nccc(-c2cccnc2)n1.